The average molecular weight is 607 g/mol. The summed E-state index contributed by atoms with van der Waals surface area (Å²) in [7, 11) is 1.53. The van der Waals surface area contributed by atoms with Gasteiger partial charge in [-0.15, -0.1) is 0 Å². The smallest absolute Gasteiger partial charge is 0.344 e. The first-order valence-corrected chi connectivity index (χ1v) is 12.5. The fourth-order valence-corrected chi connectivity index (χ4v) is 4.55. The van der Waals surface area contributed by atoms with Crippen molar-refractivity contribution in [3.05, 3.63) is 91.2 Å². The lowest BCUT2D eigenvalue weighted by Gasteiger charge is -2.12. The molecule has 0 saturated carbocycles. The molecule has 12 nitrogen and oxygen atoms in total. The minimum Gasteiger partial charge on any atom is -0.496 e. The molecule has 0 bridgehead atoms. The minimum atomic E-state index is -1.33. The van der Waals surface area contributed by atoms with E-state index in [1.54, 1.807) is 48.5 Å². The lowest BCUT2D eigenvalue weighted by Crippen LogP contribution is -2.23. The molecule has 40 heavy (non-hydrogen) atoms. The molecule has 0 saturated heterocycles. The molecule has 0 fully saturated rings. The van der Waals surface area contributed by atoms with Crippen LogP contribution in [0.3, 0.4) is 0 Å². The van der Waals surface area contributed by atoms with Crippen molar-refractivity contribution in [1.29, 1.82) is 0 Å². The number of hydrogen-bond donors (Lipinski definition) is 1. The Labute approximate surface area is 233 Å². The highest BCUT2D eigenvalue weighted by atomic mass is 79.9. The van der Waals surface area contributed by atoms with Crippen molar-refractivity contribution in [1.82, 2.24) is 9.66 Å². The maximum Gasteiger partial charge on any atom is 0.344 e. The van der Waals surface area contributed by atoms with Crippen molar-refractivity contribution in [3.63, 3.8) is 0 Å². The first-order chi connectivity index (χ1) is 19.2. The van der Waals surface area contributed by atoms with Crippen LogP contribution in [-0.2, 0) is 4.79 Å². The fraction of sp³-hybridized carbons (Fsp3) is 0.111. The number of rotatable bonds is 8. The van der Waals surface area contributed by atoms with E-state index in [1.165, 1.54) is 26.3 Å². The Kier molecular flexibility index (Phi) is 7.05. The first kappa shape index (κ1) is 26.6. The number of nitro groups is 1. The van der Waals surface area contributed by atoms with Crippen LogP contribution in [0.1, 0.15) is 12.5 Å². The molecule has 1 N–H and O–H groups in total. The zero-order chi connectivity index (χ0) is 28.6. The number of carboxylic acid groups (broad SMARTS) is 1. The third-order valence-corrected chi connectivity index (χ3v) is 6.51. The molecule has 0 amide bonds. The second-order valence-electron chi connectivity index (χ2n) is 8.50. The van der Waals surface area contributed by atoms with Crippen molar-refractivity contribution in [2.75, 3.05) is 7.11 Å². The highest BCUT2D eigenvalue weighted by Crippen LogP contribution is 2.37. The number of methoxy groups -OCH3 is 1. The molecule has 202 valence electrons. The van der Waals surface area contributed by atoms with E-state index in [0.717, 1.165) is 10.7 Å². The van der Waals surface area contributed by atoms with Crippen LogP contribution in [0.25, 0.3) is 33.5 Å². The number of furan rings is 1. The molecule has 2 aromatic heterocycles. The number of aromatic nitrogens is 2. The predicted octanol–water partition coefficient (Wildman–Crippen LogP) is 5.22. The van der Waals surface area contributed by atoms with Gasteiger partial charge in [0.05, 0.1) is 39.0 Å². The minimum absolute atomic E-state index is 0.0991. The number of halogens is 1. The number of fused-ring (bicyclic) bond motifs is 2. The van der Waals surface area contributed by atoms with Crippen molar-refractivity contribution < 1.29 is 28.7 Å². The molecule has 13 heteroatoms. The topological polar surface area (TPSA) is 159 Å². The molecule has 0 spiro atoms. The summed E-state index contributed by atoms with van der Waals surface area (Å²) in [5.41, 5.74) is 0.184. The van der Waals surface area contributed by atoms with Gasteiger partial charge in [-0.25, -0.2) is 9.78 Å². The predicted molar refractivity (Wildman–Crippen MR) is 149 cm³/mol. The lowest BCUT2D eigenvalue weighted by molar-refractivity contribution is -0.386. The molecule has 0 aliphatic rings. The van der Waals surface area contributed by atoms with E-state index in [9.17, 15) is 19.7 Å². The van der Waals surface area contributed by atoms with Crippen LogP contribution in [0.15, 0.2) is 79.4 Å². The second-order valence-corrected chi connectivity index (χ2v) is 9.36. The SMILES string of the molecule is COc1cccc2oc(-c3nc4ccccc4c(=O)n3N=Cc3cc(Br)c(O[C@H](C)C(=O)O)c([N+](=O)[O-])c3)cc12. The highest BCUT2D eigenvalue weighted by molar-refractivity contribution is 9.10. The van der Waals surface area contributed by atoms with Crippen molar-refractivity contribution in [3.8, 4) is 23.1 Å². The van der Waals surface area contributed by atoms with Crippen LogP contribution in [0.4, 0.5) is 5.69 Å². The number of carbonyl (C=O) groups is 1. The van der Waals surface area contributed by atoms with E-state index in [-0.39, 0.29) is 27.4 Å². The quantitative estimate of drug-likeness (QED) is 0.142. The molecule has 3 aromatic carbocycles. The zero-order valence-corrected chi connectivity index (χ0v) is 22.5. The number of benzene rings is 3. The summed E-state index contributed by atoms with van der Waals surface area (Å²) in [4.78, 5) is 40.4. The van der Waals surface area contributed by atoms with E-state index in [1.807, 2.05) is 0 Å². The lowest BCUT2D eigenvalue weighted by atomic mass is 10.2. The molecule has 1 atom stereocenters. The molecule has 0 aliphatic carbocycles. The molecule has 5 aromatic rings. The number of carboxylic acids is 1. The van der Waals surface area contributed by atoms with Crippen LogP contribution in [-0.4, -0.2) is 45.1 Å². The number of ether oxygens (including phenoxy) is 2. The normalized spacial score (nSPS) is 12.2. The van der Waals surface area contributed by atoms with Gasteiger partial charge in [-0.2, -0.15) is 9.78 Å². The van der Waals surface area contributed by atoms with Gasteiger partial charge in [0, 0.05) is 11.6 Å². The largest absolute Gasteiger partial charge is 0.496 e. The van der Waals surface area contributed by atoms with Crippen LogP contribution < -0.4 is 15.0 Å². The van der Waals surface area contributed by atoms with Crippen molar-refractivity contribution in [2.24, 2.45) is 5.10 Å². The Morgan fingerprint density at radius 1 is 1.20 bits per heavy atom. The molecule has 0 radical (unpaired) electrons. The van der Waals surface area contributed by atoms with Gasteiger partial charge in [0.25, 0.3) is 5.56 Å². The standard InChI is InChI=1S/C27H19BrN4O8/c1-14(27(34)35)39-24-18(28)10-15(11-20(24)32(36)37)13-29-31-25(30-19-7-4-3-6-16(19)26(31)33)23-12-17-21(38-2)8-5-9-22(17)40-23/h3-14H,1-2H3,(H,34,35)/t14-/m1/s1. The zero-order valence-electron chi connectivity index (χ0n) is 20.9. The number of aliphatic carboxylic acids is 1. The monoisotopic (exact) mass is 606 g/mol. The molecular formula is C27H19BrN4O8. The molecule has 0 unspecified atom stereocenters. The molecule has 5 rings (SSSR count). The van der Waals surface area contributed by atoms with Gasteiger partial charge in [-0.05, 0) is 59.3 Å². The van der Waals surface area contributed by atoms with Gasteiger partial charge in [-0.3, -0.25) is 14.9 Å². The molecule has 2 heterocycles. The summed E-state index contributed by atoms with van der Waals surface area (Å²) < 4.78 is 17.9. The van der Waals surface area contributed by atoms with E-state index >= 15 is 0 Å². The van der Waals surface area contributed by atoms with E-state index in [4.69, 9.17) is 19.0 Å². The summed E-state index contributed by atoms with van der Waals surface area (Å²) >= 11 is 3.21. The average Bonchev–Trinajstić information content (AvgIpc) is 3.38. The van der Waals surface area contributed by atoms with Gasteiger partial charge in [-0.1, -0.05) is 18.2 Å². The number of para-hydroxylation sites is 1. The summed E-state index contributed by atoms with van der Waals surface area (Å²) in [5, 5.41) is 26.2. The summed E-state index contributed by atoms with van der Waals surface area (Å²) in [6, 6.07) is 16.3. The van der Waals surface area contributed by atoms with E-state index in [2.05, 4.69) is 26.0 Å². The van der Waals surface area contributed by atoms with Gasteiger partial charge < -0.3 is 19.0 Å². The van der Waals surface area contributed by atoms with Gasteiger partial charge in [0.2, 0.25) is 11.6 Å². The molecule has 0 aliphatic heterocycles. The highest BCUT2D eigenvalue weighted by Gasteiger charge is 2.25. The van der Waals surface area contributed by atoms with E-state index < -0.39 is 28.2 Å². The van der Waals surface area contributed by atoms with Gasteiger partial charge in [0.15, 0.2) is 11.9 Å². The van der Waals surface area contributed by atoms with Crippen LogP contribution in [0, 0.1) is 10.1 Å². The number of nitro benzene ring substituents is 1. The maximum atomic E-state index is 13.5. The Balaban J connectivity index is 1.66. The van der Waals surface area contributed by atoms with Crippen LogP contribution in [0.5, 0.6) is 11.5 Å². The van der Waals surface area contributed by atoms with Crippen LogP contribution >= 0.6 is 15.9 Å². The second kappa shape index (κ2) is 10.6. The third kappa shape index (κ3) is 4.89. The van der Waals surface area contributed by atoms with Crippen LogP contribution in [0.2, 0.25) is 0 Å². The third-order valence-electron chi connectivity index (χ3n) is 5.92. The summed E-state index contributed by atoms with van der Waals surface area (Å²) in [5.74, 6) is -0.619. The van der Waals surface area contributed by atoms with Crippen molar-refractivity contribution >= 4 is 55.7 Å². The summed E-state index contributed by atoms with van der Waals surface area (Å²) in [6.45, 7) is 1.25. The van der Waals surface area contributed by atoms with Crippen molar-refractivity contribution in [2.45, 2.75) is 13.0 Å². The summed E-state index contributed by atoms with van der Waals surface area (Å²) in [6.07, 6.45) is -0.0889. The van der Waals surface area contributed by atoms with E-state index in [0.29, 0.717) is 27.6 Å². The first-order valence-electron chi connectivity index (χ1n) is 11.7. The Bertz CT molecular complexity index is 1900. The number of nitrogens with zero attached hydrogens (tertiary/aromatic N) is 4. The Hall–Kier alpha value is -5.04. The van der Waals surface area contributed by atoms with Gasteiger partial charge in [0.1, 0.15) is 11.3 Å². The Morgan fingerprint density at radius 2 is 1.98 bits per heavy atom. The number of hydrogen-bond acceptors (Lipinski definition) is 9. The Morgan fingerprint density at radius 3 is 2.70 bits per heavy atom. The van der Waals surface area contributed by atoms with Gasteiger partial charge >= 0.3 is 11.7 Å². The fourth-order valence-electron chi connectivity index (χ4n) is 3.99. The maximum absolute atomic E-state index is 13.5. The molecular weight excluding hydrogens is 588 g/mol.